The maximum Gasteiger partial charge on any atom is 0.141 e. The fraction of sp³-hybridized carbons (Fsp3) is 0.231. The molecule has 0 bridgehead atoms. The highest BCUT2D eigenvalue weighted by Gasteiger charge is 2.05. The van der Waals surface area contributed by atoms with Gasteiger partial charge in [0.2, 0.25) is 0 Å². The van der Waals surface area contributed by atoms with E-state index >= 15 is 0 Å². The monoisotopic (exact) mass is 231 g/mol. The molecule has 1 aromatic heterocycles. The van der Waals surface area contributed by atoms with Crippen LogP contribution >= 0.6 is 0 Å². The van der Waals surface area contributed by atoms with Gasteiger partial charge in [-0.2, -0.15) is 0 Å². The van der Waals surface area contributed by atoms with Gasteiger partial charge in [-0.25, -0.2) is 14.4 Å². The molecule has 2 rings (SSSR count). The van der Waals surface area contributed by atoms with Crippen LogP contribution in [0.3, 0.4) is 0 Å². The number of hydrogen-bond donors (Lipinski definition) is 1. The Balaban J connectivity index is 1.93. The second kappa shape index (κ2) is 5.50. The van der Waals surface area contributed by atoms with Crippen molar-refractivity contribution >= 4 is 0 Å². The van der Waals surface area contributed by atoms with Gasteiger partial charge in [0.15, 0.2) is 0 Å². The molecule has 1 atom stereocenters. The van der Waals surface area contributed by atoms with Gasteiger partial charge in [-0.15, -0.1) is 0 Å². The summed E-state index contributed by atoms with van der Waals surface area (Å²) in [4.78, 5) is 8.25. The zero-order valence-electron chi connectivity index (χ0n) is 9.60. The van der Waals surface area contributed by atoms with Crippen LogP contribution in [0.4, 0.5) is 4.39 Å². The molecule has 0 saturated heterocycles. The number of hydrogen-bond acceptors (Lipinski definition) is 3. The van der Waals surface area contributed by atoms with E-state index in [9.17, 15) is 4.39 Å². The Labute approximate surface area is 99.7 Å². The first-order valence-electron chi connectivity index (χ1n) is 5.50. The summed E-state index contributed by atoms with van der Waals surface area (Å²) >= 11 is 0. The minimum absolute atomic E-state index is 0.138. The molecular weight excluding hydrogens is 217 g/mol. The molecule has 0 aliphatic heterocycles. The van der Waals surface area contributed by atoms with E-state index in [4.69, 9.17) is 0 Å². The van der Waals surface area contributed by atoms with E-state index < -0.39 is 0 Å². The molecule has 17 heavy (non-hydrogen) atoms. The van der Waals surface area contributed by atoms with E-state index in [1.807, 2.05) is 6.92 Å². The highest BCUT2D eigenvalue weighted by Crippen LogP contribution is 2.12. The van der Waals surface area contributed by atoms with E-state index in [0.29, 0.717) is 6.54 Å². The van der Waals surface area contributed by atoms with E-state index in [1.54, 1.807) is 30.6 Å². The lowest BCUT2D eigenvalue weighted by atomic mass is 10.1. The van der Waals surface area contributed by atoms with E-state index in [1.165, 1.54) is 12.1 Å². The Kier molecular flexibility index (Phi) is 3.77. The first-order chi connectivity index (χ1) is 8.25. The van der Waals surface area contributed by atoms with Crippen LogP contribution in [0.15, 0.2) is 42.7 Å². The van der Waals surface area contributed by atoms with Crippen LogP contribution in [0, 0.1) is 5.82 Å². The van der Waals surface area contributed by atoms with Gasteiger partial charge in [0.25, 0.3) is 0 Å². The normalized spacial score (nSPS) is 12.4. The zero-order valence-corrected chi connectivity index (χ0v) is 9.60. The highest BCUT2D eigenvalue weighted by atomic mass is 19.1. The van der Waals surface area contributed by atoms with Crippen LogP contribution in [0.1, 0.15) is 24.4 Å². The topological polar surface area (TPSA) is 37.8 Å². The number of rotatable bonds is 4. The standard InChI is InChI=1S/C13H14FN3/c1-10(11-3-5-12(14)6-4-11)17-9-13-15-7-2-8-16-13/h2-8,10,17H,9H2,1H3. The van der Waals surface area contributed by atoms with Crippen molar-refractivity contribution in [2.24, 2.45) is 0 Å². The van der Waals surface area contributed by atoms with Gasteiger partial charge in [-0.3, -0.25) is 0 Å². The highest BCUT2D eigenvalue weighted by molar-refractivity contribution is 5.19. The van der Waals surface area contributed by atoms with Crippen LogP contribution in [0.25, 0.3) is 0 Å². The Morgan fingerprint density at radius 3 is 2.47 bits per heavy atom. The van der Waals surface area contributed by atoms with Crippen molar-refractivity contribution in [2.75, 3.05) is 0 Å². The molecular formula is C13H14FN3. The Morgan fingerprint density at radius 2 is 1.82 bits per heavy atom. The largest absolute Gasteiger partial charge is 0.303 e. The molecule has 1 N–H and O–H groups in total. The number of halogens is 1. The molecule has 4 heteroatoms. The summed E-state index contributed by atoms with van der Waals surface area (Å²) in [5.41, 5.74) is 1.04. The second-order valence-corrected chi connectivity index (χ2v) is 3.82. The lowest BCUT2D eigenvalue weighted by Gasteiger charge is -2.13. The molecule has 0 aliphatic carbocycles. The first kappa shape index (κ1) is 11.7. The number of nitrogens with zero attached hydrogens (tertiary/aromatic N) is 2. The molecule has 0 radical (unpaired) electrons. The van der Waals surface area contributed by atoms with Crippen LogP contribution in [-0.2, 0) is 6.54 Å². The van der Waals surface area contributed by atoms with Gasteiger partial charge in [0, 0.05) is 18.4 Å². The summed E-state index contributed by atoms with van der Waals surface area (Å²) in [6.07, 6.45) is 3.43. The quantitative estimate of drug-likeness (QED) is 0.878. The summed E-state index contributed by atoms with van der Waals surface area (Å²) in [5, 5.41) is 3.29. The third-order valence-corrected chi connectivity index (χ3v) is 2.56. The average Bonchev–Trinajstić information content (AvgIpc) is 2.38. The van der Waals surface area contributed by atoms with Gasteiger partial charge in [-0.05, 0) is 30.7 Å². The van der Waals surface area contributed by atoms with Crippen LogP contribution in [0.5, 0.6) is 0 Å². The van der Waals surface area contributed by atoms with Crippen molar-refractivity contribution in [1.82, 2.24) is 15.3 Å². The lowest BCUT2D eigenvalue weighted by molar-refractivity contribution is 0.556. The summed E-state index contributed by atoms with van der Waals surface area (Å²) in [5.74, 6) is 0.536. The number of nitrogens with one attached hydrogen (secondary N) is 1. The Hall–Kier alpha value is -1.81. The van der Waals surface area contributed by atoms with Gasteiger partial charge in [0.05, 0.1) is 6.54 Å². The lowest BCUT2D eigenvalue weighted by Crippen LogP contribution is -2.19. The minimum atomic E-state index is -0.215. The molecule has 0 amide bonds. The van der Waals surface area contributed by atoms with Gasteiger partial charge in [-0.1, -0.05) is 12.1 Å². The van der Waals surface area contributed by atoms with Crippen molar-refractivity contribution < 1.29 is 4.39 Å². The molecule has 3 nitrogen and oxygen atoms in total. The van der Waals surface area contributed by atoms with Gasteiger partial charge in [0.1, 0.15) is 11.6 Å². The smallest absolute Gasteiger partial charge is 0.141 e. The second-order valence-electron chi connectivity index (χ2n) is 3.82. The van der Waals surface area contributed by atoms with Crippen molar-refractivity contribution in [3.05, 3.63) is 59.9 Å². The Morgan fingerprint density at radius 1 is 1.18 bits per heavy atom. The SMILES string of the molecule is CC(NCc1ncccn1)c1ccc(F)cc1. The van der Waals surface area contributed by atoms with Crippen LogP contribution < -0.4 is 5.32 Å². The summed E-state index contributed by atoms with van der Waals surface area (Å²) < 4.78 is 12.8. The van der Waals surface area contributed by atoms with Gasteiger partial charge >= 0.3 is 0 Å². The number of aromatic nitrogens is 2. The predicted molar refractivity (Wildman–Crippen MR) is 63.7 cm³/mol. The minimum Gasteiger partial charge on any atom is -0.303 e. The average molecular weight is 231 g/mol. The van der Waals surface area contributed by atoms with E-state index in [0.717, 1.165) is 11.4 Å². The summed E-state index contributed by atoms with van der Waals surface area (Å²) in [6, 6.07) is 8.41. The first-order valence-corrected chi connectivity index (χ1v) is 5.50. The molecule has 88 valence electrons. The fourth-order valence-electron chi connectivity index (χ4n) is 1.53. The molecule has 0 saturated carbocycles. The zero-order chi connectivity index (χ0) is 12.1. The molecule has 0 aliphatic rings. The maximum atomic E-state index is 12.8. The fourth-order valence-corrected chi connectivity index (χ4v) is 1.53. The molecule has 1 aromatic carbocycles. The molecule has 1 heterocycles. The number of benzene rings is 1. The van der Waals surface area contributed by atoms with Crippen molar-refractivity contribution in [1.29, 1.82) is 0 Å². The van der Waals surface area contributed by atoms with E-state index in [-0.39, 0.29) is 11.9 Å². The van der Waals surface area contributed by atoms with E-state index in [2.05, 4.69) is 15.3 Å². The molecule has 1 unspecified atom stereocenters. The maximum absolute atomic E-state index is 12.8. The third-order valence-electron chi connectivity index (χ3n) is 2.56. The van der Waals surface area contributed by atoms with Crippen molar-refractivity contribution in [2.45, 2.75) is 19.5 Å². The molecule has 2 aromatic rings. The van der Waals surface area contributed by atoms with Crippen molar-refractivity contribution in [3.8, 4) is 0 Å². The van der Waals surface area contributed by atoms with Crippen molar-refractivity contribution in [3.63, 3.8) is 0 Å². The molecule has 0 spiro atoms. The van der Waals surface area contributed by atoms with Crippen LogP contribution in [-0.4, -0.2) is 9.97 Å². The molecule has 0 fully saturated rings. The van der Waals surface area contributed by atoms with Gasteiger partial charge < -0.3 is 5.32 Å². The summed E-state index contributed by atoms with van der Waals surface area (Å²) in [6.45, 7) is 2.62. The Bertz CT molecular complexity index is 456. The summed E-state index contributed by atoms with van der Waals surface area (Å²) in [7, 11) is 0. The third kappa shape index (κ3) is 3.32. The predicted octanol–water partition coefficient (Wildman–Crippen LogP) is 2.47. The van der Waals surface area contributed by atoms with Crippen LogP contribution in [0.2, 0.25) is 0 Å².